The van der Waals surface area contributed by atoms with Gasteiger partial charge in [-0.15, -0.1) is 0 Å². The molecule has 0 aromatic heterocycles. The van der Waals surface area contributed by atoms with Crippen LogP contribution in [0, 0.1) is 0 Å². The first-order valence-corrected chi connectivity index (χ1v) is 6.06. The molecule has 2 rings (SSSR count). The molecule has 1 aliphatic heterocycles. The third-order valence-electron chi connectivity index (χ3n) is 2.63. The van der Waals surface area contributed by atoms with Crippen molar-refractivity contribution in [3.05, 3.63) is 29.8 Å². The van der Waals surface area contributed by atoms with Crippen molar-refractivity contribution in [3.8, 4) is 11.5 Å². The van der Waals surface area contributed by atoms with Crippen molar-refractivity contribution in [1.29, 1.82) is 0 Å². The normalized spacial score (nSPS) is 14.6. The number of carbonyl (C=O) groups excluding carboxylic acids is 1. The van der Waals surface area contributed by atoms with Crippen molar-refractivity contribution in [2.45, 2.75) is 13.0 Å². The lowest BCUT2D eigenvalue weighted by molar-refractivity contribution is -0.117. The summed E-state index contributed by atoms with van der Waals surface area (Å²) in [6, 6.07) is 5.52. The van der Waals surface area contributed by atoms with Crippen LogP contribution in [0.15, 0.2) is 24.3 Å². The maximum atomic E-state index is 11.6. The van der Waals surface area contributed by atoms with E-state index in [1.165, 1.54) is 6.08 Å². The molecule has 0 fully saturated rings. The molecule has 0 radical (unpaired) electrons. The van der Waals surface area contributed by atoms with E-state index in [9.17, 15) is 4.79 Å². The van der Waals surface area contributed by atoms with Gasteiger partial charge in [-0.05, 0) is 30.7 Å². The van der Waals surface area contributed by atoms with Crippen LogP contribution >= 0.6 is 0 Å². The van der Waals surface area contributed by atoms with Gasteiger partial charge in [0.1, 0.15) is 0 Å². The number of rotatable bonds is 5. The highest BCUT2D eigenvalue weighted by atomic mass is 16.7. The van der Waals surface area contributed by atoms with E-state index in [1.54, 1.807) is 13.2 Å². The number of benzene rings is 1. The van der Waals surface area contributed by atoms with Crippen LogP contribution in [0.4, 0.5) is 0 Å². The second-order valence-corrected chi connectivity index (χ2v) is 4.31. The van der Waals surface area contributed by atoms with E-state index < -0.39 is 0 Å². The number of hydrogen-bond acceptors (Lipinski definition) is 4. The number of nitrogens with one attached hydrogen (secondary N) is 1. The highest BCUT2D eigenvalue weighted by Gasteiger charge is 2.12. The summed E-state index contributed by atoms with van der Waals surface area (Å²) in [5.41, 5.74) is 0.888. The molecular weight excluding hydrogens is 246 g/mol. The molecule has 1 atom stereocenters. The Hall–Kier alpha value is -2.01. The van der Waals surface area contributed by atoms with Crippen LogP contribution in [0.1, 0.15) is 12.5 Å². The first-order chi connectivity index (χ1) is 9.19. The van der Waals surface area contributed by atoms with Crippen LogP contribution in [0.3, 0.4) is 0 Å². The lowest BCUT2D eigenvalue weighted by Crippen LogP contribution is -2.34. The molecule has 1 aromatic rings. The number of methoxy groups -OCH3 is 1. The van der Waals surface area contributed by atoms with Crippen LogP contribution in [-0.2, 0) is 9.53 Å². The molecule has 1 heterocycles. The van der Waals surface area contributed by atoms with E-state index in [0.717, 1.165) is 11.3 Å². The average Bonchev–Trinajstić information content (AvgIpc) is 2.83. The van der Waals surface area contributed by atoms with Crippen molar-refractivity contribution >= 4 is 12.0 Å². The SMILES string of the molecule is COCC(C)NC(=O)C=Cc1ccc2c(c1)OCO2. The number of hydrogen-bond donors (Lipinski definition) is 1. The Balaban J connectivity index is 1.93. The molecule has 5 nitrogen and oxygen atoms in total. The molecule has 5 heteroatoms. The minimum absolute atomic E-state index is 0.0149. The molecule has 1 aliphatic rings. The molecule has 1 aromatic carbocycles. The second-order valence-electron chi connectivity index (χ2n) is 4.31. The summed E-state index contributed by atoms with van der Waals surface area (Å²) in [5.74, 6) is 1.29. The van der Waals surface area contributed by atoms with Gasteiger partial charge < -0.3 is 19.5 Å². The maximum absolute atomic E-state index is 11.6. The van der Waals surface area contributed by atoms with Crippen molar-refractivity contribution in [1.82, 2.24) is 5.32 Å². The highest BCUT2D eigenvalue weighted by molar-refractivity contribution is 5.92. The third-order valence-corrected chi connectivity index (χ3v) is 2.63. The van der Waals surface area contributed by atoms with Crippen molar-refractivity contribution in [2.75, 3.05) is 20.5 Å². The molecule has 0 spiro atoms. The van der Waals surface area contributed by atoms with E-state index >= 15 is 0 Å². The van der Waals surface area contributed by atoms with E-state index in [0.29, 0.717) is 12.4 Å². The average molecular weight is 263 g/mol. The Morgan fingerprint density at radius 1 is 1.47 bits per heavy atom. The van der Waals surface area contributed by atoms with Gasteiger partial charge >= 0.3 is 0 Å². The van der Waals surface area contributed by atoms with Gasteiger partial charge in [0, 0.05) is 19.2 Å². The van der Waals surface area contributed by atoms with Gasteiger partial charge in [-0.1, -0.05) is 6.07 Å². The molecule has 0 aliphatic carbocycles. The van der Waals surface area contributed by atoms with E-state index in [2.05, 4.69) is 5.32 Å². The highest BCUT2D eigenvalue weighted by Crippen LogP contribution is 2.32. The Morgan fingerprint density at radius 2 is 2.26 bits per heavy atom. The summed E-state index contributed by atoms with van der Waals surface area (Å²) in [6.45, 7) is 2.62. The van der Waals surface area contributed by atoms with Crippen molar-refractivity contribution < 1.29 is 19.0 Å². The van der Waals surface area contributed by atoms with Gasteiger partial charge in [-0.25, -0.2) is 0 Å². The molecule has 1 unspecified atom stereocenters. The fourth-order valence-corrected chi connectivity index (χ4v) is 1.77. The summed E-state index contributed by atoms with van der Waals surface area (Å²) in [5, 5.41) is 2.80. The first-order valence-electron chi connectivity index (χ1n) is 6.06. The van der Waals surface area contributed by atoms with Gasteiger partial charge in [-0.3, -0.25) is 4.79 Å². The monoisotopic (exact) mass is 263 g/mol. The Morgan fingerprint density at radius 3 is 3.05 bits per heavy atom. The topological polar surface area (TPSA) is 56.8 Å². The molecular formula is C14H17NO4. The zero-order valence-electron chi connectivity index (χ0n) is 11.0. The predicted octanol–water partition coefficient (Wildman–Crippen LogP) is 1.58. The lowest BCUT2D eigenvalue weighted by atomic mass is 10.2. The summed E-state index contributed by atoms with van der Waals surface area (Å²) in [4.78, 5) is 11.6. The third kappa shape index (κ3) is 3.72. The van der Waals surface area contributed by atoms with Crippen LogP contribution in [0.2, 0.25) is 0 Å². The Labute approximate surface area is 112 Å². The molecule has 19 heavy (non-hydrogen) atoms. The number of ether oxygens (including phenoxy) is 3. The molecule has 0 bridgehead atoms. The summed E-state index contributed by atoms with van der Waals surface area (Å²) in [6.07, 6.45) is 3.22. The molecule has 0 saturated heterocycles. The molecule has 0 saturated carbocycles. The number of fused-ring (bicyclic) bond motifs is 1. The van der Waals surface area contributed by atoms with Crippen LogP contribution in [-0.4, -0.2) is 32.5 Å². The van der Waals surface area contributed by atoms with Crippen molar-refractivity contribution in [2.24, 2.45) is 0 Å². The van der Waals surface area contributed by atoms with Gasteiger partial charge in [0.15, 0.2) is 11.5 Å². The molecule has 1 amide bonds. The zero-order valence-corrected chi connectivity index (χ0v) is 11.0. The van der Waals surface area contributed by atoms with Crippen LogP contribution < -0.4 is 14.8 Å². The summed E-state index contributed by atoms with van der Waals surface area (Å²) >= 11 is 0. The summed E-state index contributed by atoms with van der Waals surface area (Å²) in [7, 11) is 1.60. The van der Waals surface area contributed by atoms with Crippen LogP contribution in [0.5, 0.6) is 11.5 Å². The van der Waals surface area contributed by atoms with E-state index in [1.807, 2.05) is 25.1 Å². The van der Waals surface area contributed by atoms with Crippen LogP contribution in [0.25, 0.3) is 6.08 Å². The molecule has 1 N–H and O–H groups in total. The van der Waals surface area contributed by atoms with Gasteiger partial charge in [-0.2, -0.15) is 0 Å². The Kier molecular flexibility index (Phi) is 4.41. The smallest absolute Gasteiger partial charge is 0.244 e. The van der Waals surface area contributed by atoms with E-state index in [4.69, 9.17) is 14.2 Å². The van der Waals surface area contributed by atoms with Crippen molar-refractivity contribution in [3.63, 3.8) is 0 Å². The van der Waals surface area contributed by atoms with Gasteiger partial charge in [0.25, 0.3) is 0 Å². The minimum Gasteiger partial charge on any atom is -0.454 e. The largest absolute Gasteiger partial charge is 0.454 e. The zero-order chi connectivity index (χ0) is 13.7. The fraction of sp³-hybridized carbons (Fsp3) is 0.357. The second kappa shape index (κ2) is 6.24. The quantitative estimate of drug-likeness (QED) is 0.819. The number of carbonyl (C=O) groups is 1. The fourth-order valence-electron chi connectivity index (χ4n) is 1.77. The predicted molar refractivity (Wildman–Crippen MR) is 71.1 cm³/mol. The first kappa shape index (κ1) is 13.4. The molecule has 102 valence electrons. The summed E-state index contributed by atoms with van der Waals surface area (Å²) < 4.78 is 15.4. The maximum Gasteiger partial charge on any atom is 0.244 e. The van der Waals surface area contributed by atoms with E-state index in [-0.39, 0.29) is 18.7 Å². The Bertz CT molecular complexity index is 484. The lowest BCUT2D eigenvalue weighted by Gasteiger charge is -2.10. The van der Waals surface area contributed by atoms with Gasteiger partial charge in [0.05, 0.1) is 6.61 Å². The minimum atomic E-state index is -0.151. The number of amides is 1. The van der Waals surface area contributed by atoms with Gasteiger partial charge in [0.2, 0.25) is 12.7 Å². The standard InChI is InChI=1S/C14H17NO4/c1-10(8-17-2)15-14(16)6-4-11-3-5-12-13(7-11)19-9-18-12/h3-7,10H,8-9H2,1-2H3,(H,15,16).